The quantitative estimate of drug-likeness (QED) is 0.776. The van der Waals surface area contributed by atoms with E-state index in [1.165, 1.54) is 6.20 Å². The highest BCUT2D eigenvalue weighted by atomic mass is 16.2. The number of hydrogen-bond acceptors (Lipinski definition) is 4. The van der Waals surface area contributed by atoms with Crippen LogP contribution in [0.3, 0.4) is 0 Å². The molecule has 0 aliphatic carbocycles. The minimum atomic E-state index is -0.253. The number of fused-ring (bicyclic) bond motifs is 1. The van der Waals surface area contributed by atoms with Gasteiger partial charge in [-0.3, -0.25) is 9.78 Å². The van der Waals surface area contributed by atoms with Gasteiger partial charge in [-0.2, -0.15) is 0 Å². The fourth-order valence-electron chi connectivity index (χ4n) is 2.40. The van der Waals surface area contributed by atoms with Crippen molar-refractivity contribution in [1.82, 2.24) is 25.3 Å². The van der Waals surface area contributed by atoms with Gasteiger partial charge in [0.15, 0.2) is 0 Å². The molecule has 2 aromatic heterocycles. The lowest BCUT2D eigenvalue weighted by molar-refractivity contribution is 0.0918. The van der Waals surface area contributed by atoms with Crippen molar-refractivity contribution in [2.45, 2.75) is 26.8 Å². The van der Waals surface area contributed by atoms with Gasteiger partial charge < -0.3 is 10.3 Å². The van der Waals surface area contributed by atoms with Crippen molar-refractivity contribution < 1.29 is 4.79 Å². The second kappa shape index (κ2) is 6.16. The first-order valence-electron chi connectivity index (χ1n) is 7.59. The van der Waals surface area contributed by atoms with Crippen molar-refractivity contribution >= 4 is 16.9 Å². The van der Waals surface area contributed by atoms with E-state index in [2.05, 4.69) is 25.3 Å². The maximum absolute atomic E-state index is 12.4. The van der Waals surface area contributed by atoms with Gasteiger partial charge in [0.2, 0.25) is 0 Å². The topological polar surface area (TPSA) is 83.6 Å². The van der Waals surface area contributed by atoms with Gasteiger partial charge in [-0.15, -0.1) is 0 Å². The van der Waals surface area contributed by atoms with Crippen LogP contribution in [0.2, 0.25) is 0 Å². The van der Waals surface area contributed by atoms with Gasteiger partial charge >= 0.3 is 0 Å². The number of imidazole rings is 1. The Hall–Kier alpha value is -2.76. The molecule has 0 bridgehead atoms. The van der Waals surface area contributed by atoms with E-state index in [1.54, 1.807) is 6.20 Å². The van der Waals surface area contributed by atoms with Gasteiger partial charge in [0.1, 0.15) is 11.5 Å². The van der Waals surface area contributed by atoms with Gasteiger partial charge in [0, 0.05) is 6.20 Å². The number of aryl methyl sites for hydroxylation is 1. The third-order valence-corrected chi connectivity index (χ3v) is 3.67. The number of para-hydroxylation sites is 2. The number of H-pyrrole nitrogens is 1. The van der Waals surface area contributed by atoms with Crippen LogP contribution in [-0.2, 0) is 0 Å². The standard InChI is InChI=1S/C17H19N5O/c1-10(2)15(16-20-12-6-4-5-7-13(12)21-16)22-17(23)14-9-18-11(3)8-19-14/h4-10,15H,1-3H3,(H,20,21)(H,22,23). The number of amides is 1. The third kappa shape index (κ3) is 3.21. The Labute approximate surface area is 134 Å². The number of carbonyl (C=O) groups excluding carboxylic acids is 1. The first kappa shape index (κ1) is 15.1. The Morgan fingerprint density at radius 2 is 1.96 bits per heavy atom. The van der Waals surface area contributed by atoms with Crippen molar-refractivity contribution in [1.29, 1.82) is 0 Å². The van der Waals surface area contributed by atoms with E-state index in [-0.39, 0.29) is 17.9 Å². The maximum atomic E-state index is 12.4. The monoisotopic (exact) mass is 309 g/mol. The molecule has 3 aromatic rings. The van der Waals surface area contributed by atoms with Crippen LogP contribution in [-0.4, -0.2) is 25.8 Å². The number of aromatic nitrogens is 4. The Bertz CT molecular complexity index is 789. The Morgan fingerprint density at radius 3 is 2.61 bits per heavy atom. The van der Waals surface area contributed by atoms with E-state index in [9.17, 15) is 4.79 Å². The minimum Gasteiger partial charge on any atom is -0.340 e. The molecule has 0 aliphatic heterocycles. The molecule has 0 spiro atoms. The molecule has 6 nitrogen and oxygen atoms in total. The molecule has 1 atom stereocenters. The number of hydrogen-bond donors (Lipinski definition) is 2. The normalized spacial score (nSPS) is 12.5. The number of carbonyl (C=O) groups is 1. The average Bonchev–Trinajstić information content (AvgIpc) is 2.96. The third-order valence-electron chi connectivity index (χ3n) is 3.67. The van der Waals surface area contributed by atoms with Crippen molar-refractivity contribution in [2.24, 2.45) is 5.92 Å². The number of benzene rings is 1. The molecular formula is C17H19N5O. The largest absolute Gasteiger partial charge is 0.340 e. The SMILES string of the molecule is Cc1cnc(C(=O)NC(c2nc3ccccc3[nH]2)C(C)C)cn1. The second-order valence-corrected chi connectivity index (χ2v) is 5.88. The summed E-state index contributed by atoms with van der Waals surface area (Å²) in [6, 6.07) is 7.58. The number of nitrogens with one attached hydrogen (secondary N) is 2. The van der Waals surface area contributed by atoms with Crippen LogP contribution in [0.15, 0.2) is 36.7 Å². The van der Waals surface area contributed by atoms with Crippen LogP contribution in [0.25, 0.3) is 11.0 Å². The molecule has 0 fully saturated rings. The van der Waals surface area contributed by atoms with Crippen LogP contribution in [0, 0.1) is 12.8 Å². The lowest BCUT2D eigenvalue weighted by Gasteiger charge is -2.20. The molecule has 118 valence electrons. The van der Waals surface area contributed by atoms with Gasteiger partial charge in [-0.25, -0.2) is 9.97 Å². The van der Waals surface area contributed by atoms with E-state index in [1.807, 2.05) is 45.0 Å². The summed E-state index contributed by atoms with van der Waals surface area (Å²) >= 11 is 0. The lowest BCUT2D eigenvalue weighted by atomic mass is 10.0. The summed E-state index contributed by atoms with van der Waals surface area (Å²) in [4.78, 5) is 28.5. The van der Waals surface area contributed by atoms with E-state index < -0.39 is 0 Å². The zero-order valence-electron chi connectivity index (χ0n) is 13.4. The molecule has 0 saturated carbocycles. The van der Waals surface area contributed by atoms with E-state index in [4.69, 9.17) is 0 Å². The summed E-state index contributed by atoms with van der Waals surface area (Å²) in [7, 11) is 0. The molecule has 0 radical (unpaired) electrons. The summed E-state index contributed by atoms with van der Waals surface area (Å²) in [6.07, 6.45) is 3.07. The highest BCUT2D eigenvalue weighted by Crippen LogP contribution is 2.22. The fraction of sp³-hybridized carbons (Fsp3) is 0.294. The smallest absolute Gasteiger partial charge is 0.272 e. The molecular weight excluding hydrogens is 290 g/mol. The molecule has 1 unspecified atom stereocenters. The summed E-state index contributed by atoms with van der Waals surface area (Å²) in [5.74, 6) is 0.671. The summed E-state index contributed by atoms with van der Waals surface area (Å²) < 4.78 is 0. The molecule has 0 aliphatic rings. The zero-order chi connectivity index (χ0) is 16.4. The van der Waals surface area contributed by atoms with Crippen LogP contribution in [0.1, 0.15) is 41.9 Å². The molecule has 3 rings (SSSR count). The van der Waals surface area contributed by atoms with Crippen molar-refractivity contribution in [3.8, 4) is 0 Å². The predicted molar refractivity (Wildman–Crippen MR) is 87.9 cm³/mol. The highest BCUT2D eigenvalue weighted by molar-refractivity contribution is 5.92. The maximum Gasteiger partial charge on any atom is 0.272 e. The van der Waals surface area contributed by atoms with Crippen LogP contribution in [0.5, 0.6) is 0 Å². The molecule has 23 heavy (non-hydrogen) atoms. The number of aromatic amines is 1. The summed E-state index contributed by atoms with van der Waals surface area (Å²) in [5, 5.41) is 2.99. The van der Waals surface area contributed by atoms with E-state index in [0.717, 1.165) is 22.6 Å². The van der Waals surface area contributed by atoms with Gasteiger partial charge in [-0.1, -0.05) is 26.0 Å². The predicted octanol–water partition coefficient (Wildman–Crippen LogP) is 2.79. The van der Waals surface area contributed by atoms with Gasteiger partial charge in [-0.05, 0) is 25.0 Å². The number of nitrogens with zero attached hydrogens (tertiary/aromatic N) is 3. The second-order valence-electron chi connectivity index (χ2n) is 5.88. The van der Waals surface area contributed by atoms with E-state index >= 15 is 0 Å². The van der Waals surface area contributed by atoms with Crippen molar-refractivity contribution in [3.63, 3.8) is 0 Å². The van der Waals surface area contributed by atoms with Crippen molar-refractivity contribution in [3.05, 3.63) is 53.9 Å². The van der Waals surface area contributed by atoms with Crippen LogP contribution < -0.4 is 5.32 Å². The lowest BCUT2D eigenvalue weighted by Crippen LogP contribution is -2.33. The fourth-order valence-corrected chi connectivity index (χ4v) is 2.40. The summed E-state index contributed by atoms with van der Waals surface area (Å²) in [6.45, 7) is 5.91. The first-order valence-corrected chi connectivity index (χ1v) is 7.59. The van der Waals surface area contributed by atoms with Gasteiger partial charge in [0.25, 0.3) is 5.91 Å². The van der Waals surface area contributed by atoms with E-state index in [0.29, 0.717) is 5.69 Å². The average molecular weight is 309 g/mol. The Balaban J connectivity index is 1.86. The molecule has 0 saturated heterocycles. The molecule has 6 heteroatoms. The van der Waals surface area contributed by atoms with Crippen LogP contribution >= 0.6 is 0 Å². The van der Waals surface area contributed by atoms with Crippen molar-refractivity contribution in [2.75, 3.05) is 0 Å². The molecule has 1 aromatic carbocycles. The molecule has 1 amide bonds. The Kier molecular flexibility index (Phi) is 4.06. The van der Waals surface area contributed by atoms with Crippen LogP contribution in [0.4, 0.5) is 0 Å². The Morgan fingerprint density at radius 1 is 1.17 bits per heavy atom. The number of rotatable bonds is 4. The van der Waals surface area contributed by atoms with Gasteiger partial charge in [0.05, 0.1) is 29.0 Å². The molecule has 2 heterocycles. The molecule has 2 N–H and O–H groups in total. The summed E-state index contributed by atoms with van der Waals surface area (Å²) in [5.41, 5.74) is 2.92. The first-order chi connectivity index (χ1) is 11.0. The highest BCUT2D eigenvalue weighted by Gasteiger charge is 2.23. The zero-order valence-corrected chi connectivity index (χ0v) is 13.4. The minimum absolute atomic E-state index is 0.179.